The van der Waals surface area contributed by atoms with Crippen molar-refractivity contribution in [1.82, 2.24) is 4.90 Å². The highest BCUT2D eigenvalue weighted by Gasteiger charge is 2.26. The van der Waals surface area contributed by atoms with Crippen molar-refractivity contribution in [3.63, 3.8) is 0 Å². The summed E-state index contributed by atoms with van der Waals surface area (Å²) in [4.78, 5) is 16.3. The summed E-state index contributed by atoms with van der Waals surface area (Å²) in [5.41, 5.74) is 2.17. The summed E-state index contributed by atoms with van der Waals surface area (Å²) in [7, 11) is 0. The molecule has 0 N–H and O–H groups in total. The molecule has 1 aliphatic rings. The number of hydrogen-bond donors (Lipinski definition) is 0. The second kappa shape index (κ2) is 5.80. The summed E-state index contributed by atoms with van der Waals surface area (Å²) in [6, 6.07) is 9.75. The number of carbonyl (C=O) groups is 1. The molecule has 0 bridgehead atoms. The molecule has 2 nitrogen and oxygen atoms in total. The van der Waals surface area contributed by atoms with Crippen LogP contribution in [0.4, 0.5) is 0 Å². The van der Waals surface area contributed by atoms with Gasteiger partial charge in [-0.3, -0.25) is 9.69 Å². The van der Waals surface area contributed by atoms with Gasteiger partial charge < -0.3 is 0 Å². The topological polar surface area (TPSA) is 20.3 Å². The fraction of sp³-hybridized carbons (Fsp3) is 0.312. The molecule has 3 rings (SSSR count). The number of fused-ring (bicyclic) bond motifs is 1. The summed E-state index contributed by atoms with van der Waals surface area (Å²) in [5.74, 6) is 0.205. The van der Waals surface area contributed by atoms with E-state index in [1.165, 1.54) is 10.4 Å². The van der Waals surface area contributed by atoms with Crippen molar-refractivity contribution >= 4 is 33.0 Å². The van der Waals surface area contributed by atoms with Crippen molar-refractivity contribution in [2.24, 2.45) is 0 Å². The minimum atomic E-state index is -0.0655. The van der Waals surface area contributed by atoms with Crippen molar-refractivity contribution in [2.75, 3.05) is 6.54 Å². The van der Waals surface area contributed by atoms with Gasteiger partial charge >= 0.3 is 0 Å². The van der Waals surface area contributed by atoms with Crippen molar-refractivity contribution in [3.05, 3.63) is 56.2 Å². The predicted molar refractivity (Wildman–Crippen MR) is 86.4 cm³/mol. The number of Topliss-reactive ketones (excluding diaryl/α,β-unsaturated/α-hetero) is 1. The van der Waals surface area contributed by atoms with E-state index in [0.717, 1.165) is 29.5 Å². The van der Waals surface area contributed by atoms with E-state index >= 15 is 0 Å². The van der Waals surface area contributed by atoms with Crippen LogP contribution in [0.15, 0.2) is 40.2 Å². The van der Waals surface area contributed by atoms with Crippen LogP contribution in [-0.2, 0) is 13.0 Å². The Labute approximate surface area is 131 Å². The molecular weight excluding hydrogens is 334 g/mol. The van der Waals surface area contributed by atoms with Crippen molar-refractivity contribution in [1.29, 1.82) is 0 Å². The third kappa shape index (κ3) is 2.73. The third-order valence-corrected chi connectivity index (χ3v) is 5.44. The molecule has 1 aliphatic heterocycles. The summed E-state index contributed by atoms with van der Waals surface area (Å²) >= 11 is 5.23. The van der Waals surface area contributed by atoms with E-state index in [2.05, 4.69) is 32.3 Å². The predicted octanol–water partition coefficient (Wildman–Crippen LogP) is 4.14. The van der Waals surface area contributed by atoms with E-state index in [4.69, 9.17) is 0 Å². The summed E-state index contributed by atoms with van der Waals surface area (Å²) in [6.45, 7) is 3.88. The number of rotatable bonds is 3. The monoisotopic (exact) mass is 349 g/mol. The first-order valence-electron chi connectivity index (χ1n) is 6.74. The van der Waals surface area contributed by atoms with E-state index in [9.17, 15) is 4.79 Å². The number of nitrogens with zero attached hydrogens (tertiary/aromatic N) is 1. The van der Waals surface area contributed by atoms with Crippen LogP contribution in [0.2, 0.25) is 0 Å². The normalized spacial score (nSPS) is 16.7. The molecule has 0 spiro atoms. The van der Waals surface area contributed by atoms with Crippen molar-refractivity contribution < 1.29 is 4.79 Å². The highest BCUT2D eigenvalue weighted by atomic mass is 79.9. The van der Waals surface area contributed by atoms with Crippen LogP contribution in [0.25, 0.3) is 0 Å². The number of thiophene rings is 1. The Hall–Kier alpha value is -0.970. The molecule has 1 atom stereocenters. The maximum atomic E-state index is 12.6. The van der Waals surface area contributed by atoms with E-state index < -0.39 is 0 Å². The van der Waals surface area contributed by atoms with Gasteiger partial charge in [0.2, 0.25) is 0 Å². The highest BCUT2D eigenvalue weighted by molar-refractivity contribution is 9.10. The molecule has 4 heteroatoms. The van der Waals surface area contributed by atoms with E-state index in [0.29, 0.717) is 0 Å². The zero-order valence-electron chi connectivity index (χ0n) is 11.3. The maximum Gasteiger partial charge on any atom is 0.179 e. The van der Waals surface area contributed by atoms with Gasteiger partial charge in [0.05, 0.1) is 6.04 Å². The van der Waals surface area contributed by atoms with Gasteiger partial charge in [0.1, 0.15) is 0 Å². The van der Waals surface area contributed by atoms with Gasteiger partial charge in [0.15, 0.2) is 5.78 Å². The molecule has 1 aromatic heterocycles. The Kier molecular flexibility index (Phi) is 4.06. The van der Waals surface area contributed by atoms with E-state index in [-0.39, 0.29) is 11.8 Å². The van der Waals surface area contributed by atoms with Gasteiger partial charge in [-0.05, 0) is 42.5 Å². The molecule has 20 heavy (non-hydrogen) atoms. The molecule has 104 valence electrons. The summed E-state index contributed by atoms with van der Waals surface area (Å²) < 4.78 is 1.00. The Balaban J connectivity index is 1.74. The smallest absolute Gasteiger partial charge is 0.179 e. The number of hydrogen-bond acceptors (Lipinski definition) is 3. The number of ketones is 1. The number of halogens is 1. The van der Waals surface area contributed by atoms with Gasteiger partial charge in [0.25, 0.3) is 0 Å². The zero-order chi connectivity index (χ0) is 14.1. The first kappa shape index (κ1) is 14.0. The first-order chi connectivity index (χ1) is 9.65. The summed E-state index contributed by atoms with van der Waals surface area (Å²) in [5, 5.41) is 2.15. The van der Waals surface area contributed by atoms with Crippen LogP contribution in [0.3, 0.4) is 0 Å². The van der Waals surface area contributed by atoms with Gasteiger partial charge in [-0.25, -0.2) is 0 Å². The molecule has 2 heterocycles. The molecule has 0 amide bonds. The van der Waals surface area contributed by atoms with Gasteiger partial charge in [-0.1, -0.05) is 28.1 Å². The Morgan fingerprint density at radius 3 is 2.80 bits per heavy atom. The Morgan fingerprint density at radius 2 is 2.05 bits per heavy atom. The second-order valence-electron chi connectivity index (χ2n) is 5.14. The van der Waals surface area contributed by atoms with Crippen molar-refractivity contribution in [3.8, 4) is 0 Å². The number of benzene rings is 1. The van der Waals surface area contributed by atoms with Gasteiger partial charge in [-0.2, -0.15) is 0 Å². The van der Waals surface area contributed by atoms with Crippen molar-refractivity contribution in [2.45, 2.75) is 25.9 Å². The van der Waals surface area contributed by atoms with Crippen LogP contribution in [0, 0.1) is 0 Å². The fourth-order valence-corrected chi connectivity index (χ4v) is 3.78. The fourth-order valence-electron chi connectivity index (χ4n) is 2.62. The van der Waals surface area contributed by atoms with Crippen LogP contribution in [0.5, 0.6) is 0 Å². The highest BCUT2D eigenvalue weighted by Crippen LogP contribution is 2.26. The van der Waals surface area contributed by atoms with E-state index in [1.54, 1.807) is 0 Å². The molecule has 1 aromatic carbocycles. The van der Waals surface area contributed by atoms with Crippen LogP contribution in [0.1, 0.15) is 27.7 Å². The van der Waals surface area contributed by atoms with Crippen LogP contribution in [-0.4, -0.2) is 23.3 Å². The SMILES string of the molecule is CC(C(=O)c1ccc(Br)cc1)N1CCc2sccc2C1. The van der Waals surface area contributed by atoms with Crippen LogP contribution >= 0.6 is 27.3 Å². The molecule has 0 radical (unpaired) electrons. The Morgan fingerprint density at radius 1 is 1.30 bits per heavy atom. The minimum absolute atomic E-state index is 0.0655. The largest absolute Gasteiger partial charge is 0.292 e. The minimum Gasteiger partial charge on any atom is -0.292 e. The first-order valence-corrected chi connectivity index (χ1v) is 8.41. The summed E-state index contributed by atoms with van der Waals surface area (Å²) in [6.07, 6.45) is 1.06. The molecule has 0 saturated heterocycles. The lowest BCUT2D eigenvalue weighted by Gasteiger charge is -2.31. The maximum absolute atomic E-state index is 12.6. The molecular formula is C16H16BrNOS. The third-order valence-electron chi connectivity index (χ3n) is 3.89. The molecule has 1 unspecified atom stereocenters. The number of carbonyl (C=O) groups excluding carboxylic acids is 1. The zero-order valence-corrected chi connectivity index (χ0v) is 13.7. The molecule has 0 aliphatic carbocycles. The molecule has 0 fully saturated rings. The lowest BCUT2D eigenvalue weighted by atomic mass is 10.0. The average Bonchev–Trinajstić information content (AvgIpc) is 2.94. The average molecular weight is 350 g/mol. The molecule has 0 saturated carbocycles. The van der Waals surface area contributed by atoms with Gasteiger partial charge in [0, 0.05) is 28.0 Å². The lowest BCUT2D eigenvalue weighted by molar-refractivity contribution is 0.0821. The Bertz CT molecular complexity index is 620. The van der Waals surface area contributed by atoms with Crippen LogP contribution < -0.4 is 0 Å². The van der Waals surface area contributed by atoms with E-state index in [1.807, 2.05) is 42.5 Å². The second-order valence-corrected chi connectivity index (χ2v) is 7.05. The van der Waals surface area contributed by atoms with Gasteiger partial charge in [-0.15, -0.1) is 11.3 Å². The standard InChI is InChI=1S/C16H16BrNOS/c1-11(16(19)12-2-4-14(17)5-3-12)18-8-6-15-13(10-18)7-9-20-15/h2-5,7,9,11H,6,8,10H2,1H3. The lowest BCUT2D eigenvalue weighted by Crippen LogP contribution is -2.41. The molecule has 2 aromatic rings. The quantitative estimate of drug-likeness (QED) is 0.776.